The number of hydrogen-bond acceptors (Lipinski definition) is 8. The second-order valence-corrected chi connectivity index (χ2v) is 12.5. The summed E-state index contributed by atoms with van der Waals surface area (Å²) in [6, 6.07) is 6.07. The van der Waals surface area contributed by atoms with Crippen molar-refractivity contribution in [2.75, 3.05) is 37.4 Å². The molecule has 1 N–H and O–H groups in total. The predicted molar refractivity (Wildman–Crippen MR) is 160 cm³/mol. The Bertz CT molecular complexity index is 1390. The summed E-state index contributed by atoms with van der Waals surface area (Å²) in [5.41, 5.74) is 1.87. The molecule has 3 aromatic heterocycles. The summed E-state index contributed by atoms with van der Waals surface area (Å²) in [6.07, 6.45) is 7.71. The van der Waals surface area contributed by atoms with Crippen LogP contribution in [-0.4, -0.2) is 86.2 Å². The van der Waals surface area contributed by atoms with E-state index in [1.807, 2.05) is 63.9 Å². The first kappa shape index (κ1) is 28.6. The van der Waals surface area contributed by atoms with Gasteiger partial charge in [-0.05, 0) is 65.7 Å². The van der Waals surface area contributed by atoms with Crippen molar-refractivity contribution in [2.45, 2.75) is 84.0 Å². The fourth-order valence-corrected chi connectivity index (χ4v) is 5.96. The summed E-state index contributed by atoms with van der Waals surface area (Å²) in [7, 11) is 3.55. The fourth-order valence-electron chi connectivity index (χ4n) is 5.96. The molecule has 2 aliphatic rings. The first-order chi connectivity index (χ1) is 19.4. The highest BCUT2D eigenvalue weighted by atomic mass is 16.6. The van der Waals surface area contributed by atoms with Crippen molar-refractivity contribution in [3.8, 4) is 0 Å². The number of aromatic nitrogens is 4. The number of ether oxygens (including phenoxy) is 1. The van der Waals surface area contributed by atoms with Gasteiger partial charge in [0.15, 0.2) is 0 Å². The molecule has 0 aromatic carbocycles. The van der Waals surface area contributed by atoms with Gasteiger partial charge in [0.2, 0.25) is 5.95 Å². The summed E-state index contributed by atoms with van der Waals surface area (Å²) in [6.45, 7) is 11.1. The van der Waals surface area contributed by atoms with E-state index in [0.717, 1.165) is 42.4 Å². The zero-order valence-electron chi connectivity index (χ0n) is 25.2. The van der Waals surface area contributed by atoms with Gasteiger partial charge in [0.05, 0.1) is 24.0 Å². The summed E-state index contributed by atoms with van der Waals surface area (Å²) in [4.78, 5) is 45.4. The summed E-state index contributed by atoms with van der Waals surface area (Å²) < 4.78 is 7.74. The van der Waals surface area contributed by atoms with Crippen LogP contribution >= 0.6 is 0 Å². The van der Waals surface area contributed by atoms with E-state index in [9.17, 15) is 9.59 Å². The van der Waals surface area contributed by atoms with Crippen LogP contribution in [0, 0.1) is 0 Å². The van der Waals surface area contributed by atoms with Crippen LogP contribution in [0.1, 0.15) is 76.8 Å². The number of piperazine rings is 1. The Labute approximate surface area is 241 Å². The lowest BCUT2D eigenvalue weighted by Crippen LogP contribution is -2.59. The van der Waals surface area contributed by atoms with Gasteiger partial charge in [0.25, 0.3) is 5.91 Å². The van der Waals surface area contributed by atoms with Gasteiger partial charge in [0.1, 0.15) is 22.8 Å². The summed E-state index contributed by atoms with van der Waals surface area (Å²) in [5, 5.41) is 4.09. The van der Waals surface area contributed by atoms with Crippen molar-refractivity contribution in [3.05, 3.63) is 36.3 Å². The van der Waals surface area contributed by atoms with E-state index in [-0.39, 0.29) is 30.1 Å². The number of rotatable bonds is 5. The Morgan fingerprint density at radius 1 is 1.02 bits per heavy atom. The van der Waals surface area contributed by atoms with Gasteiger partial charge < -0.3 is 24.4 Å². The molecule has 0 spiro atoms. The molecule has 0 bridgehead atoms. The Kier molecular flexibility index (Phi) is 7.80. The van der Waals surface area contributed by atoms with Gasteiger partial charge in [-0.25, -0.2) is 14.8 Å². The lowest BCUT2D eigenvalue weighted by molar-refractivity contribution is 0.00565. The number of anilines is 3. The second kappa shape index (κ2) is 11.2. The Hall–Kier alpha value is -3.89. The maximum absolute atomic E-state index is 13.0. The van der Waals surface area contributed by atoms with Gasteiger partial charge in [-0.1, -0.05) is 12.8 Å². The van der Waals surface area contributed by atoms with Crippen LogP contribution in [0.3, 0.4) is 0 Å². The molecule has 11 heteroatoms. The zero-order chi connectivity index (χ0) is 29.5. The van der Waals surface area contributed by atoms with Crippen molar-refractivity contribution >= 4 is 40.5 Å². The molecule has 3 aromatic rings. The Balaban J connectivity index is 1.32. The SMILES string of the molecule is CC1CN(c2ccc(Nc3ncc4cc(C(=O)N(C)C)n(C5CCCC5)c4n3)nc2)CC(C)N1C(=O)OC(C)(C)C. The number of hydrogen-bond donors (Lipinski definition) is 1. The van der Waals surface area contributed by atoms with Crippen molar-refractivity contribution in [3.63, 3.8) is 0 Å². The molecular formula is C30H42N8O3. The molecule has 220 valence electrons. The average Bonchev–Trinajstić information content (AvgIpc) is 3.54. The molecule has 4 heterocycles. The number of nitrogens with one attached hydrogen (secondary N) is 1. The van der Waals surface area contributed by atoms with Crippen LogP contribution in [0.5, 0.6) is 0 Å². The van der Waals surface area contributed by atoms with E-state index in [1.165, 1.54) is 0 Å². The smallest absolute Gasteiger partial charge is 0.410 e. The molecule has 2 fully saturated rings. The third-order valence-corrected chi connectivity index (χ3v) is 7.77. The molecule has 5 rings (SSSR count). The normalized spacial score (nSPS) is 20.0. The topological polar surface area (TPSA) is 109 Å². The molecule has 1 saturated heterocycles. The number of fused-ring (bicyclic) bond motifs is 1. The van der Waals surface area contributed by atoms with E-state index in [0.29, 0.717) is 30.5 Å². The number of nitrogens with zero attached hydrogens (tertiary/aromatic N) is 7. The lowest BCUT2D eigenvalue weighted by atomic mass is 10.1. The monoisotopic (exact) mass is 562 g/mol. The van der Waals surface area contributed by atoms with Crippen LogP contribution in [0.25, 0.3) is 11.0 Å². The molecule has 1 aliphatic carbocycles. The lowest BCUT2D eigenvalue weighted by Gasteiger charge is -2.45. The first-order valence-electron chi connectivity index (χ1n) is 14.5. The molecule has 1 aliphatic heterocycles. The molecule has 0 radical (unpaired) electrons. The van der Waals surface area contributed by atoms with Crippen molar-refractivity contribution < 1.29 is 14.3 Å². The molecule has 41 heavy (non-hydrogen) atoms. The van der Waals surface area contributed by atoms with E-state index < -0.39 is 5.60 Å². The van der Waals surface area contributed by atoms with Gasteiger partial charge in [0, 0.05) is 44.8 Å². The van der Waals surface area contributed by atoms with Gasteiger partial charge in [-0.15, -0.1) is 0 Å². The standard InChI is InChI=1S/C30H42N8O3/c1-19-17-36(18-20(2)37(19)29(40)41-30(3,4)5)23-12-13-25(31-16-23)33-28-32-15-21-14-24(27(39)35(6)7)38(26(21)34-28)22-10-8-9-11-22/h12-16,19-20,22H,8-11,17-18H2,1-7H3,(H,31,32,33,34). The number of pyridine rings is 1. The minimum absolute atomic E-state index is 0.00749. The summed E-state index contributed by atoms with van der Waals surface area (Å²) >= 11 is 0. The highest BCUT2D eigenvalue weighted by molar-refractivity contribution is 5.97. The minimum atomic E-state index is -0.528. The molecular weight excluding hydrogens is 520 g/mol. The Morgan fingerprint density at radius 2 is 1.71 bits per heavy atom. The van der Waals surface area contributed by atoms with Crippen LogP contribution in [0.2, 0.25) is 0 Å². The van der Waals surface area contributed by atoms with Crippen LogP contribution in [-0.2, 0) is 4.74 Å². The summed E-state index contributed by atoms with van der Waals surface area (Å²) in [5.74, 6) is 1.04. The van der Waals surface area contributed by atoms with E-state index >= 15 is 0 Å². The molecule has 1 saturated carbocycles. The van der Waals surface area contributed by atoms with E-state index in [2.05, 4.69) is 24.8 Å². The number of amides is 2. The molecule has 2 amide bonds. The third kappa shape index (κ3) is 6.08. The fraction of sp³-hybridized carbons (Fsp3) is 0.567. The maximum Gasteiger partial charge on any atom is 0.410 e. The Morgan fingerprint density at radius 3 is 2.29 bits per heavy atom. The quantitative estimate of drug-likeness (QED) is 0.451. The van der Waals surface area contributed by atoms with Gasteiger partial charge >= 0.3 is 6.09 Å². The number of carbonyl (C=O) groups is 2. The number of carbonyl (C=O) groups excluding carboxylic acids is 2. The van der Waals surface area contributed by atoms with Crippen molar-refractivity contribution in [2.24, 2.45) is 0 Å². The molecule has 2 atom stereocenters. The highest BCUT2D eigenvalue weighted by Gasteiger charge is 2.35. The molecule has 2 unspecified atom stereocenters. The highest BCUT2D eigenvalue weighted by Crippen LogP contribution is 2.35. The van der Waals surface area contributed by atoms with Crippen LogP contribution < -0.4 is 10.2 Å². The molecule has 11 nitrogen and oxygen atoms in total. The van der Waals surface area contributed by atoms with Gasteiger partial charge in [-0.2, -0.15) is 4.98 Å². The zero-order valence-corrected chi connectivity index (χ0v) is 25.2. The average molecular weight is 563 g/mol. The van der Waals surface area contributed by atoms with Crippen molar-refractivity contribution in [1.82, 2.24) is 29.3 Å². The largest absolute Gasteiger partial charge is 0.444 e. The van der Waals surface area contributed by atoms with Crippen molar-refractivity contribution in [1.29, 1.82) is 0 Å². The van der Waals surface area contributed by atoms with Gasteiger partial charge in [-0.3, -0.25) is 9.69 Å². The van der Waals surface area contributed by atoms with E-state index in [1.54, 1.807) is 25.2 Å². The third-order valence-electron chi connectivity index (χ3n) is 7.77. The first-order valence-corrected chi connectivity index (χ1v) is 14.5. The van der Waals surface area contributed by atoms with E-state index in [4.69, 9.17) is 9.72 Å². The second-order valence-electron chi connectivity index (χ2n) is 12.5. The van der Waals surface area contributed by atoms with Crippen LogP contribution in [0.4, 0.5) is 22.2 Å². The minimum Gasteiger partial charge on any atom is -0.444 e. The predicted octanol–water partition coefficient (Wildman–Crippen LogP) is 5.22. The maximum atomic E-state index is 13.0. The van der Waals surface area contributed by atoms with Crippen LogP contribution in [0.15, 0.2) is 30.6 Å².